The van der Waals surface area contributed by atoms with Gasteiger partial charge in [-0.2, -0.15) is 4.98 Å². The smallest absolute Gasteiger partial charge is 0.241 e. The summed E-state index contributed by atoms with van der Waals surface area (Å²) in [6.45, 7) is 0. The fourth-order valence-electron chi connectivity index (χ4n) is 3.29. The minimum atomic E-state index is -0.0389. The number of nitrogens with one attached hydrogen (secondary N) is 1. The van der Waals surface area contributed by atoms with Crippen LogP contribution in [0.15, 0.2) is 42.5 Å². The van der Waals surface area contributed by atoms with E-state index in [4.69, 9.17) is 33.7 Å². The van der Waals surface area contributed by atoms with E-state index < -0.39 is 0 Å². The summed E-state index contributed by atoms with van der Waals surface area (Å²) >= 11 is 12.5. The van der Waals surface area contributed by atoms with Gasteiger partial charge >= 0.3 is 0 Å². The lowest BCUT2D eigenvalue weighted by molar-refractivity contribution is 0.411. The Morgan fingerprint density at radius 2 is 1.96 bits per heavy atom. The van der Waals surface area contributed by atoms with Crippen LogP contribution in [0.5, 0.6) is 5.75 Å². The Balaban J connectivity index is 1.75. The molecule has 1 aliphatic rings. The highest BCUT2D eigenvalue weighted by molar-refractivity contribution is 6.35. The molecule has 134 valence electrons. The number of benzene rings is 2. The second kappa shape index (κ2) is 6.70. The van der Waals surface area contributed by atoms with Crippen molar-refractivity contribution in [2.75, 3.05) is 18.2 Å². The number of nitrogens with two attached hydrogens (primary N) is 1. The van der Waals surface area contributed by atoms with Crippen LogP contribution in [-0.4, -0.2) is 21.9 Å². The monoisotopic (exact) mass is 389 g/mol. The van der Waals surface area contributed by atoms with Gasteiger partial charge in [0.1, 0.15) is 5.75 Å². The summed E-state index contributed by atoms with van der Waals surface area (Å²) in [7, 11) is 1.65. The van der Waals surface area contributed by atoms with Crippen LogP contribution >= 0.6 is 23.2 Å². The van der Waals surface area contributed by atoms with Crippen molar-refractivity contribution in [1.82, 2.24) is 14.8 Å². The number of methoxy groups -OCH3 is 1. The number of anilines is 2. The Labute approximate surface area is 160 Å². The summed E-state index contributed by atoms with van der Waals surface area (Å²) < 4.78 is 7.07. The molecule has 2 atom stereocenters. The summed E-state index contributed by atoms with van der Waals surface area (Å²) in [6.07, 6.45) is 0.740. The molecule has 0 aliphatic carbocycles. The second-order valence-corrected chi connectivity index (χ2v) is 6.97. The minimum Gasteiger partial charge on any atom is -0.497 e. The molecule has 2 aromatic carbocycles. The van der Waals surface area contributed by atoms with Gasteiger partial charge in [-0.15, -0.1) is 5.10 Å². The van der Waals surface area contributed by atoms with Crippen molar-refractivity contribution in [2.45, 2.75) is 18.5 Å². The number of ether oxygens (including phenoxy) is 1. The molecule has 0 radical (unpaired) electrons. The number of aromatic nitrogens is 3. The van der Waals surface area contributed by atoms with Gasteiger partial charge in [0, 0.05) is 10.0 Å². The number of rotatable bonds is 3. The van der Waals surface area contributed by atoms with E-state index in [0.29, 0.717) is 16.0 Å². The van der Waals surface area contributed by atoms with E-state index in [9.17, 15) is 0 Å². The van der Waals surface area contributed by atoms with Crippen LogP contribution < -0.4 is 15.8 Å². The molecule has 0 spiro atoms. The van der Waals surface area contributed by atoms with Crippen molar-refractivity contribution in [3.8, 4) is 5.75 Å². The lowest BCUT2D eigenvalue weighted by Crippen LogP contribution is -2.28. The van der Waals surface area contributed by atoms with Crippen molar-refractivity contribution in [3.05, 3.63) is 63.6 Å². The van der Waals surface area contributed by atoms with E-state index in [2.05, 4.69) is 15.4 Å². The fourth-order valence-corrected chi connectivity index (χ4v) is 3.83. The van der Waals surface area contributed by atoms with Gasteiger partial charge in [-0.25, -0.2) is 4.68 Å². The Hall–Kier alpha value is -2.44. The Bertz CT molecular complexity index is 941. The van der Waals surface area contributed by atoms with Gasteiger partial charge in [-0.3, -0.25) is 0 Å². The van der Waals surface area contributed by atoms with Crippen molar-refractivity contribution in [2.24, 2.45) is 0 Å². The van der Waals surface area contributed by atoms with Gasteiger partial charge in [-0.05, 0) is 41.8 Å². The maximum atomic E-state index is 6.42. The quantitative estimate of drug-likeness (QED) is 0.697. The molecule has 0 saturated carbocycles. The van der Waals surface area contributed by atoms with Gasteiger partial charge in [-0.1, -0.05) is 41.4 Å². The molecule has 0 amide bonds. The maximum absolute atomic E-state index is 6.42. The van der Waals surface area contributed by atoms with E-state index in [-0.39, 0.29) is 18.0 Å². The molecule has 0 unspecified atom stereocenters. The molecule has 0 fully saturated rings. The third-order valence-electron chi connectivity index (χ3n) is 4.54. The zero-order valence-corrected chi connectivity index (χ0v) is 15.5. The van der Waals surface area contributed by atoms with Gasteiger partial charge in [0.2, 0.25) is 11.9 Å². The van der Waals surface area contributed by atoms with E-state index in [1.54, 1.807) is 13.2 Å². The van der Waals surface area contributed by atoms with Crippen molar-refractivity contribution < 1.29 is 4.74 Å². The number of fused-ring (bicyclic) bond motifs is 1. The predicted octanol–water partition coefficient (Wildman–Crippen LogP) is 4.32. The summed E-state index contributed by atoms with van der Waals surface area (Å²) in [4.78, 5) is 4.31. The van der Waals surface area contributed by atoms with Crippen LogP contribution in [0.25, 0.3) is 0 Å². The standard InChI is InChI=1S/C18H17Cl2N5O/c1-26-12-5-2-10(3-6-12)16-9-15(13-7-4-11(19)8-14(13)20)22-18-23-17(21)24-25(16)18/h2-8,15-16H,9H2,1H3,(H3,21,22,23,24)/t15-,16+/m0/s1. The summed E-state index contributed by atoms with van der Waals surface area (Å²) in [5.41, 5.74) is 7.88. The predicted molar refractivity (Wildman–Crippen MR) is 103 cm³/mol. The molecule has 2 heterocycles. The van der Waals surface area contributed by atoms with Crippen molar-refractivity contribution in [1.29, 1.82) is 0 Å². The Morgan fingerprint density at radius 3 is 2.65 bits per heavy atom. The summed E-state index contributed by atoms with van der Waals surface area (Å²) in [5, 5.41) is 8.95. The number of hydrogen-bond acceptors (Lipinski definition) is 5. The molecule has 1 aliphatic heterocycles. The molecule has 0 bridgehead atoms. The van der Waals surface area contributed by atoms with Crippen molar-refractivity contribution in [3.63, 3.8) is 0 Å². The van der Waals surface area contributed by atoms with E-state index in [0.717, 1.165) is 23.3 Å². The molecule has 8 heteroatoms. The van der Waals surface area contributed by atoms with Gasteiger partial charge in [0.05, 0.1) is 19.2 Å². The summed E-state index contributed by atoms with van der Waals surface area (Å²) in [6, 6.07) is 13.4. The molecule has 6 nitrogen and oxygen atoms in total. The third kappa shape index (κ3) is 3.06. The highest BCUT2D eigenvalue weighted by Crippen LogP contribution is 2.40. The SMILES string of the molecule is COc1ccc([C@H]2C[C@@H](c3ccc(Cl)cc3Cl)Nc3nc(N)nn32)cc1. The number of hydrogen-bond donors (Lipinski definition) is 2. The van der Waals surface area contributed by atoms with E-state index >= 15 is 0 Å². The topological polar surface area (TPSA) is 78.0 Å². The van der Waals surface area contributed by atoms with Gasteiger partial charge in [0.15, 0.2) is 0 Å². The Kier molecular flexibility index (Phi) is 4.38. The molecule has 26 heavy (non-hydrogen) atoms. The molecular formula is C18H17Cl2N5O. The molecular weight excluding hydrogens is 373 g/mol. The third-order valence-corrected chi connectivity index (χ3v) is 5.11. The number of nitrogen functional groups attached to an aromatic ring is 1. The maximum Gasteiger partial charge on any atom is 0.241 e. The largest absolute Gasteiger partial charge is 0.497 e. The zero-order chi connectivity index (χ0) is 18.3. The first-order valence-electron chi connectivity index (χ1n) is 8.12. The Morgan fingerprint density at radius 1 is 1.19 bits per heavy atom. The first-order chi connectivity index (χ1) is 12.5. The second-order valence-electron chi connectivity index (χ2n) is 6.13. The van der Waals surface area contributed by atoms with E-state index in [1.807, 2.05) is 41.1 Å². The van der Waals surface area contributed by atoms with Gasteiger partial charge < -0.3 is 15.8 Å². The molecule has 1 aromatic heterocycles. The highest BCUT2D eigenvalue weighted by Gasteiger charge is 2.31. The molecule has 3 N–H and O–H groups in total. The van der Waals surface area contributed by atoms with Crippen LogP contribution in [0.2, 0.25) is 10.0 Å². The number of halogens is 2. The minimum absolute atomic E-state index is 0.0290. The van der Waals surface area contributed by atoms with Crippen LogP contribution in [-0.2, 0) is 0 Å². The average Bonchev–Trinajstić information content (AvgIpc) is 3.01. The molecule has 4 rings (SSSR count). The van der Waals surface area contributed by atoms with Crippen LogP contribution in [0.1, 0.15) is 29.6 Å². The molecule has 3 aromatic rings. The first kappa shape index (κ1) is 17.0. The zero-order valence-electron chi connectivity index (χ0n) is 14.0. The normalized spacial score (nSPS) is 18.9. The van der Waals surface area contributed by atoms with Crippen LogP contribution in [0.3, 0.4) is 0 Å². The highest BCUT2D eigenvalue weighted by atomic mass is 35.5. The van der Waals surface area contributed by atoms with Crippen LogP contribution in [0, 0.1) is 0 Å². The fraction of sp³-hybridized carbons (Fsp3) is 0.222. The lowest BCUT2D eigenvalue weighted by Gasteiger charge is -2.32. The lowest BCUT2D eigenvalue weighted by atomic mass is 9.93. The molecule has 0 saturated heterocycles. The van der Waals surface area contributed by atoms with E-state index in [1.165, 1.54) is 0 Å². The van der Waals surface area contributed by atoms with Gasteiger partial charge in [0.25, 0.3) is 0 Å². The average molecular weight is 390 g/mol. The van der Waals surface area contributed by atoms with Crippen molar-refractivity contribution >= 4 is 35.1 Å². The van der Waals surface area contributed by atoms with Crippen LogP contribution in [0.4, 0.5) is 11.9 Å². The summed E-state index contributed by atoms with van der Waals surface area (Å²) in [5.74, 6) is 1.65. The number of nitrogens with zero attached hydrogens (tertiary/aromatic N) is 3. The first-order valence-corrected chi connectivity index (χ1v) is 8.88.